The highest BCUT2D eigenvalue weighted by Gasteiger charge is 2.22. The van der Waals surface area contributed by atoms with Crippen LogP contribution < -0.4 is 4.72 Å². The molecule has 3 rings (SSSR count). The molecule has 0 aliphatic carbocycles. The smallest absolute Gasteiger partial charge is 0.262 e. The van der Waals surface area contributed by atoms with Crippen molar-refractivity contribution in [1.82, 2.24) is 9.78 Å². The van der Waals surface area contributed by atoms with E-state index in [1.54, 1.807) is 37.6 Å². The van der Waals surface area contributed by atoms with Crippen molar-refractivity contribution in [3.8, 4) is 0 Å². The molecule has 5 nitrogen and oxygen atoms in total. The number of aryl methyl sites for hydroxylation is 3. The molecule has 0 aliphatic rings. The van der Waals surface area contributed by atoms with Crippen LogP contribution in [0.5, 0.6) is 0 Å². The van der Waals surface area contributed by atoms with E-state index in [0.29, 0.717) is 39.1 Å². The first-order valence-electron chi connectivity index (χ1n) is 8.66. The normalized spacial score (nSPS) is 11.6. The van der Waals surface area contributed by atoms with E-state index in [1.165, 1.54) is 0 Å². The quantitative estimate of drug-likeness (QED) is 0.590. The summed E-state index contributed by atoms with van der Waals surface area (Å²) in [7, 11) is -3.77. The Labute approximate surface area is 175 Å². The number of hydrogen-bond donors (Lipinski definition) is 1. The first-order valence-corrected chi connectivity index (χ1v) is 10.9. The molecule has 8 heteroatoms. The predicted octanol–water partition coefficient (Wildman–Crippen LogP) is 5.27. The Morgan fingerprint density at radius 3 is 2.29 bits per heavy atom. The third-order valence-corrected chi connectivity index (χ3v) is 6.76. The molecule has 1 aromatic heterocycles. The molecule has 0 spiro atoms. The number of rotatable bonds is 5. The van der Waals surface area contributed by atoms with E-state index >= 15 is 0 Å². The Morgan fingerprint density at radius 1 is 1.00 bits per heavy atom. The SMILES string of the molecule is Cc1cc(S(=O)(=O)Nc2c(C)nn(Cc3ccc(Cl)cc3)c2C)c(C)cc1Cl. The van der Waals surface area contributed by atoms with E-state index < -0.39 is 10.0 Å². The summed E-state index contributed by atoms with van der Waals surface area (Å²) in [6.45, 7) is 7.65. The Hall–Kier alpha value is -2.02. The Balaban J connectivity index is 1.93. The highest BCUT2D eigenvalue weighted by atomic mass is 35.5. The summed E-state index contributed by atoms with van der Waals surface area (Å²) in [5.41, 5.74) is 4.15. The minimum Gasteiger partial charge on any atom is -0.276 e. The molecule has 0 unspecified atom stereocenters. The fraction of sp³-hybridized carbons (Fsp3) is 0.250. The van der Waals surface area contributed by atoms with Crippen LogP contribution >= 0.6 is 23.2 Å². The van der Waals surface area contributed by atoms with Crippen LogP contribution in [0.1, 0.15) is 28.1 Å². The van der Waals surface area contributed by atoms with E-state index in [2.05, 4.69) is 9.82 Å². The lowest BCUT2D eigenvalue weighted by Gasteiger charge is -2.12. The van der Waals surface area contributed by atoms with Crippen molar-refractivity contribution < 1.29 is 8.42 Å². The zero-order chi connectivity index (χ0) is 20.6. The number of nitrogens with one attached hydrogen (secondary N) is 1. The van der Waals surface area contributed by atoms with Gasteiger partial charge in [-0.15, -0.1) is 0 Å². The van der Waals surface area contributed by atoms with E-state index in [0.717, 1.165) is 11.3 Å². The molecule has 3 aromatic rings. The molecule has 1 N–H and O–H groups in total. The van der Waals surface area contributed by atoms with Gasteiger partial charge in [-0.05, 0) is 68.7 Å². The van der Waals surface area contributed by atoms with Crippen molar-refractivity contribution in [1.29, 1.82) is 0 Å². The van der Waals surface area contributed by atoms with E-state index in [1.807, 2.05) is 31.2 Å². The van der Waals surface area contributed by atoms with Crippen molar-refractivity contribution >= 4 is 38.9 Å². The first kappa shape index (κ1) is 20.7. The standard InChI is InChI=1S/C20H21Cl2N3O2S/c1-12-10-19(13(2)9-18(12)22)28(26,27)24-20-14(3)23-25(15(20)4)11-16-5-7-17(21)8-6-16/h5-10,24H,11H2,1-4H3. The Kier molecular flexibility index (Phi) is 5.75. The topological polar surface area (TPSA) is 64.0 Å². The number of nitrogens with zero attached hydrogens (tertiary/aromatic N) is 2. The maximum Gasteiger partial charge on any atom is 0.262 e. The summed E-state index contributed by atoms with van der Waals surface area (Å²) < 4.78 is 30.5. The van der Waals surface area contributed by atoms with Crippen LogP contribution in [0.25, 0.3) is 0 Å². The summed E-state index contributed by atoms with van der Waals surface area (Å²) in [6.07, 6.45) is 0. The summed E-state index contributed by atoms with van der Waals surface area (Å²) in [5.74, 6) is 0. The third-order valence-electron chi connectivity index (χ3n) is 4.61. The first-order chi connectivity index (χ1) is 13.1. The van der Waals surface area contributed by atoms with Crippen LogP contribution in [-0.4, -0.2) is 18.2 Å². The molecule has 0 radical (unpaired) electrons. The molecular formula is C20H21Cl2N3O2S. The average Bonchev–Trinajstić information content (AvgIpc) is 2.87. The van der Waals surface area contributed by atoms with Crippen LogP contribution in [0.2, 0.25) is 10.0 Å². The number of hydrogen-bond acceptors (Lipinski definition) is 3. The van der Waals surface area contributed by atoms with Crippen LogP contribution in [0.15, 0.2) is 41.3 Å². The molecule has 0 fully saturated rings. The van der Waals surface area contributed by atoms with Crippen LogP contribution in [0.4, 0.5) is 5.69 Å². The molecule has 28 heavy (non-hydrogen) atoms. The number of halogens is 2. The number of anilines is 1. The van der Waals surface area contributed by atoms with Gasteiger partial charge in [0.25, 0.3) is 10.0 Å². The van der Waals surface area contributed by atoms with Gasteiger partial charge in [0.05, 0.1) is 28.5 Å². The van der Waals surface area contributed by atoms with Gasteiger partial charge in [-0.25, -0.2) is 8.42 Å². The molecule has 2 aromatic carbocycles. The fourth-order valence-electron chi connectivity index (χ4n) is 2.99. The lowest BCUT2D eigenvalue weighted by Crippen LogP contribution is -2.16. The monoisotopic (exact) mass is 437 g/mol. The second-order valence-electron chi connectivity index (χ2n) is 6.80. The van der Waals surface area contributed by atoms with Gasteiger partial charge in [-0.2, -0.15) is 5.10 Å². The van der Waals surface area contributed by atoms with Crippen LogP contribution in [-0.2, 0) is 16.6 Å². The summed E-state index contributed by atoms with van der Waals surface area (Å²) >= 11 is 12.0. The number of benzene rings is 2. The molecule has 0 bridgehead atoms. The van der Waals surface area contributed by atoms with Gasteiger partial charge in [0, 0.05) is 10.0 Å². The van der Waals surface area contributed by atoms with Crippen LogP contribution in [0.3, 0.4) is 0 Å². The van der Waals surface area contributed by atoms with Crippen molar-refractivity contribution in [2.45, 2.75) is 39.1 Å². The molecule has 148 valence electrons. The van der Waals surface area contributed by atoms with Gasteiger partial charge < -0.3 is 0 Å². The zero-order valence-corrected chi connectivity index (χ0v) is 18.4. The van der Waals surface area contributed by atoms with Crippen molar-refractivity contribution in [2.24, 2.45) is 0 Å². The maximum absolute atomic E-state index is 13.0. The van der Waals surface area contributed by atoms with Crippen molar-refractivity contribution in [3.63, 3.8) is 0 Å². The molecule has 0 atom stereocenters. The van der Waals surface area contributed by atoms with Gasteiger partial charge >= 0.3 is 0 Å². The van der Waals surface area contributed by atoms with Crippen molar-refractivity contribution in [2.75, 3.05) is 4.72 Å². The molecule has 0 saturated heterocycles. The molecule has 0 saturated carbocycles. The van der Waals surface area contributed by atoms with E-state index in [4.69, 9.17) is 23.2 Å². The molecule has 0 amide bonds. The van der Waals surface area contributed by atoms with E-state index in [9.17, 15) is 8.42 Å². The molecule has 1 heterocycles. The molecular weight excluding hydrogens is 417 g/mol. The van der Waals surface area contributed by atoms with Gasteiger partial charge in [-0.1, -0.05) is 35.3 Å². The summed E-state index contributed by atoms with van der Waals surface area (Å²) in [4.78, 5) is 0.207. The fourth-order valence-corrected chi connectivity index (χ4v) is 4.83. The number of aromatic nitrogens is 2. The predicted molar refractivity (Wildman–Crippen MR) is 114 cm³/mol. The molecule has 0 aliphatic heterocycles. The van der Waals surface area contributed by atoms with E-state index in [-0.39, 0.29) is 4.90 Å². The Morgan fingerprint density at radius 2 is 1.64 bits per heavy atom. The van der Waals surface area contributed by atoms with Crippen LogP contribution in [0, 0.1) is 27.7 Å². The largest absolute Gasteiger partial charge is 0.276 e. The minimum atomic E-state index is -3.77. The van der Waals surface area contributed by atoms with Gasteiger partial charge in [0.2, 0.25) is 0 Å². The minimum absolute atomic E-state index is 0.207. The highest BCUT2D eigenvalue weighted by Crippen LogP contribution is 2.28. The number of sulfonamides is 1. The van der Waals surface area contributed by atoms with Gasteiger partial charge in [0.1, 0.15) is 0 Å². The lowest BCUT2D eigenvalue weighted by molar-refractivity contribution is 0.600. The second kappa shape index (κ2) is 7.78. The summed E-state index contributed by atoms with van der Waals surface area (Å²) in [6, 6.07) is 10.7. The van der Waals surface area contributed by atoms with Gasteiger partial charge in [0.15, 0.2) is 0 Å². The third kappa shape index (κ3) is 4.19. The Bertz CT molecular complexity index is 1140. The lowest BCUT2D eigenvalue weighted by atomic mass is 10.2. The zero-order valence-electron chi connectivity index (χ0n) is 16.0. The summed E-state index contributed by atoms with van der Waals surface area (Å²) in [5, 5.41) is 5.70. The average molecular weight is 438 g/mol. The highest BCUT2D eigenvalue weighted by molar-refractivity contribution is 7.92. The van der Waals surface area contributed by atoms with Crippen molar-refractivity contribution in [3.05, 3.63) is 74.5 Å². The maximum atomic E-state index is 13.0. The second-order valence-corrected chi connectivity index (χ2v) is 9.30. The van der Waals surface area contributed by atoms with Gasteiger partial charge in [-0.3, -0.25) is 9.40 Å².